The Bertz CT molecular complexity index is 495. The smallest absolute Gasteiger partial charge is 0.122 e. The van der Waals surface area contributed by atoms with Crippen molar-refractivity contribution in [1.29, 1.82) is 0 Å². The van der Waals surface area contributed by atoms with Crippen molar-refractivity contribution < 1.29 is 4.74 Å². The first-order valence-corrected chi connectivity index (χ1v) is 7.74. The molecule has 0 saturated heterocycles. The monoisotopic (exact) mass is 325 g/mol. The molecule has 1 unspecified atom stereocenters. The first-order chi connectivity index (χ1) is 8.74. The molecular formula is C14H16BrNOS. The van der Waals surface area contributed by atoms with Crippen molar-refractivity contribution in [2.75, 3.05) is 6.61 Å². The molecule has 1 aromatic heterocycles. The van der Waals surface area contributed by atoms with Crippen molar-refractivity contribution >= 4 is 27.3 Å². The number of rotatable bonds is 5. The van der Waals surface area contributed by atoms with Gasteiger partial charge in [-0.1, -0.05) is 35.0 Å². The summed E-state index contributed by atoms with van der Waals surface area (Å²) in [5, 5.41) is 3.16. The van der Waals surface area contributed by atoms with E-state index in [2.05, 4.69) is 45.4 Å². The van der Waals surface area contributed by atoms with Gasteiger partial charge < -0.3 is 4.74 Å². The quantitative estimate of drug-likeness (QED) is 0.766. The van der Waals surface area contributed by atoms with Crippen LogP contribution in [0.2, 0.25) is 0 Å². The van der Waals surface area contributed by atoms with Crippen LogP contribution in [-0.2, 0) is 4.74 Å². The normalized spacial score (nSPS) is 12.6. The predicted octanol–water partition coefficient (Wildman–Crippen LogP) is 5.06. The van der Waals surface area contributed by atoms with Crippen molar-refractivity contribution in [3.63, 3.8) is 0 Å². The molecule has 0 spiro atoms. The lowest BCUT2D eigenvalue weighted by atomic mass is 10.2. The summed E-state index contributed by atoms with van der Waals surface area (Å²) in [5.74, 6) is 0. The Morgan fingerprint density at radius 3 is 2.61 bits per heavy atom. The van der Waals surface area contributed by atoms with Crippen LogP contribution < -0.4 is 0 Å². The minimum atomic E-state index is 0.129. The van der Waals surface area contributed by atoms with E-state index in [1.54, 1.807) is 11.3 Å². The molecule has 2 nitrogen and oxygen atoms in total. The zero-order valence-corrected chi connectivity index (χ0v) is 12.9. The first-order valence-electron chi connectivity index (χ1n) is 6.07. The molecule has 0 fully saturated rings. The van der Waals surface area contributed by atoms with Crippen LogP contribution in [0.5, 0.6) is 0 Å². The number of benzene rings is 1. The van der Waals surface area contributed by atoms with Gasteiger partial charge >= 0.3 is 0 Å². The topological polar surface area (TPSA) is 22.1 Å². The van der Waals surface area contributed by atoms with Crippen molar-refractivity contribution in [1.82, 2.24) is 4.98 Å². The Kier molecular flexibility index (Phi) is 4.92. The van der Waals surface area contributed by atoms with Crippen molar-refractivity contribution in [2.45, 2.75) is 26.4 Å². The summed E-state index contributed by atoms with van der Waals surface area (Å²) in [4.78, 5) is 4.68. The van der Waals surface area contributed by atoms with E-state index in [1.165, 1.54) is 0 Å². The van der Waals surface area contributed by atoms with E-state index in [0.717, 1.165) is 33.8 Å². The van der Waals surface area contributed by atoms with Crippen LogP contribution in [0, 0.1) is 0 Å². The highest BCUT2D eigenvalue weighted by atomic mass is 79.9. The van der Waals surface area contributed by atoms with Gasteiger partial charge in [0.05, 0.1) is 5.69 Å². The molecular weight excluding hydrogens is 310 g/mol. The summed E-state index contributed by atoms with van der Waals surface area (Å²) in [7, 11) is 0. The third-order valence-corrected chi connectivity index (χ3v) is 4.14. The van der Waals surface area contributed by atoms with Gasteiger partial charge in [-0.2, -0.15) is 0 Å². The molecule has 0 aliphatic carbocycles. The second-order valence-electron chi connectivity index (χ2n) is 3.93. The predicted molar refractivity (Wildman–Crippen MR) is 79.9 cm³/mol. The minimum absolute atomic E-state index is 0.129. The van der Waals surface area contributed by atoms with Gasteiger partial charge in [-0.25, -0.2) is 4.98 Å². The Morgan fingerprint density at radius 1 is 1.28 bits per heavy atom. The van der Waals surface area contributed by atoms with E-state index in [9.17, 15) is 0 Å². The molecule has 0 bridgehead atoms. The van der Waals surface area contributed by atoms with Crippen LogP contribution in [-0.4, -0.2) is 11.6 Å². The zero-order valence-electron chi connectivity index (χ0n) is 10.5. The molecule has 18 heavy (non-hydrogen) atoms. The number of nitrogens with zero attached hydrogens (tertiary/aromatic N) is 1. The van der Waals surface area contributed by atoms with E-state index in [-0.39, 0.29) is 6.10 Å². The summed E-state index contributed by atoms with van der Waals surface area (Å²) in [5.41, 5.74) is 2.17. The van der Waals surface area contributed by atoms with Gasteiger partial charge in [-0.15, -0.1) is 11.3 Å². The van der Waals surface area contributed by atoms with Crippen molar-refractivity contribution in [3.8, 4) is 11.3 Å². The van der Waals surface area contributed by atoms with Gasteiger partial charge in [-0.3, -0.25) is 0 Å². The molecule has 1 aromatic carbocycles. The van der Waals surface area contributed by atoms with E-state index in [4.69, 9.17) is 4.74 Å². The van der Waals surface area contributed by atoms with Crippen molar-refractivity contribution in [3.05, 3.63) is 39.1 Å². The summed E-state index contributed by atoms with van der Waals surface area (Å²) in [6.07, 6.45) is 1.09. The largest absolute Gasteiger partial charge is 0.371 e. The molecule has 96 valence electrons. The average molecular weight is 326 g/mol. The first kappa shape index (κ1) is 13.7. The number of hydrogen-bond acceptors (Lipinski definition) is 3. The Labute approximate surface area is 120 Å². The third-order valence-electron chi connectivity index (χ3n) is 2.68. The molecule has 2 rings (SSSR count). The lowest BCUT2D eigenvalue weighted by Gasteiger charge is -2.11. The average Bonchev–Trinajstić information content (AvgIpc) is 2.86. The third kappa shape index (κ3) is 3.19. The van der Waals surface area contributed by atoms with Crippen LogP contribution >= 0.6 is 27.3 Å². The number of hydrogen-bond donors (Lipinski definition) is 0. The summed E-state index contributed by atoms with van der Waals surface area (Å²) in [6.45, 7) is 4.87. The summed E-state index contributed by atoms with van der Waals surface area (Å²) < 4.78 is 6.77. The molecule has 0 radical (unpaired) electrons. The van der Waals surface area contributed by atoms with E-state index in [0.29, 0.717) is 0 Å². The Balaban J connectivity index is 2.21. The molecule has 0 saturated carbocycles. The maximum absolute atomic E-state index is 5.69. The molecule has 0 aliphatic heterocycles. The number of thiazole rings is 1. The van der Waals surface area contributed by atoms with Crippen LogP contribution in [0.3, 0.4) is 0 Å². The van der Waals surface area contributed by atoms with Gasteiger partial charge in [-0.05, 0) is 25.5 Å². The fourth-order valence-corrected chi connectivity index (χ4v) is 2.98. The van der Waals surface area contributed by atoms with E-state index in [1.807, 2.05) is 19.1 Å². The van der Waals surface area contributed by atoms with E-state index < -0.39 is 0 Å². The number of halogens is 1. The second kappa shape index (κ2) is 6.45. The molecule has 0 amide bonds. The molecule has 1 atom stereocenters. The molecule has 0 N–H and O–H groups in total. The van der Waals surface area contributed by atoms with Crippen LogP contribution in [0.4, 0.5) is 0 Å². The molecule has 2 aromatic rings. The van der Waals surface area contributed by atoms with Gasteiger partial charge in [0.25, 0.3) is 0 Å². The van der Waals surface area contributed by atoms with Crippen LogP contribution in [0.1, 0.15) is 31.4 Å². The number of aromatic nitrogens is 1. The van der Waals surface area contributed by atoms with Crippen molar-refractivity contribution in [2.24, 2.45) is 0 Å². The van der Waals surface area contributed by atoms with Gasteiger partial charge in [0.15, 0.2) is 0 Å². The molecule has 4 heteroatoms. The maximum atomic E-state index is 5.69. The molecule has 1 heterocycles. The minimum Gasteiger partial charge on any atom is -0.371 e. The van der Waals surface area contributed by atoms with Gasteiger partial charge in [0.2, 0.25) is 0 Å². The highest BCUT2D eigenvalue weighted by molar-refractivity contribution is 9.10. The summed E-state index contributed by atoms with van der Waals surface area (Å²) >= 11 is 5.11. The highest BCUT2D eigenvalue weighted by Crippen LogP contribution is 2.29. The fraction of sp³-hybridized carbons (Fsp3) is 0.357. The number of ether oxygens (including phenoxy) is 1. The second-order valence-corrected chi connectivity index (χ2v) is 5.74. The standard InChI is InChI=1S/C14H16BrNOS/c1-3-13(17-4-2)14-16-12(9-18-14)10-5-7-11(15)8-6-10/h5-9,13H,3-4H2,1-2H3. The van der Waals surface area contributed by atoms with Crippen LogP contribution in [0.15, 0.2) is 34.1 Å². The van der Waals surface area contributed by atoms with E-state index >= 15 is 0 Å². The van der Waals surface area contributed by atoms with Gasteiger partial charge in [0.1, 0.15) is 11.1 Å². The van der Waals surface area contributed by atoms with Crippen LogP contribution in [0.25, 0.3) is 11.3 Å². The van der Waals surface area contributed by atoms with Gasteiger partial charge in [0, 0.05) is 22.0 Å². The summed E-state index contributed by atoms with van der Waals surface area (Å²) in [6, 6.07) is 8.22. The fourth-order valence-electron chi connectivity index (χ4n) is 1.75. The highest BCUT2D eigenvalue weighted by Gasteiger charge is 2.14. The SMILES string of the molecule is CCOC(CC)c1nc(-c2ccc(Br)cc2)cs1. The Hall–Kier alpha value is -0.710. The zero-order chi connectivity index (χ0) is 13.0. The lowest BCUT2D eigenvalue weighted by molar-refractivity contribution is 0.0597. The molecule has 0 aliphatic rings. The maximum Gasteiger partial charge on any atom is 0.122 e. The lowest BCUT2D eigenvalue weighted by Crippen LogP contribution is -2.02. The Morgan fingerprint density at radius 2 is 2.00 bits per heavy atom.